The second-order valence-electron chi connectivity index (χ2n) is 4.03. The van der Waals surface area contributed by atoms with Crippen molar-refractivity contribution in [2.45, 2.75) is 13.3 Å². The van der Waals surface area contributed by atoms with Gasteiger partial charge in [0, 0.05) is 0 Å². The quantitative estimate of drug-likeness (QED) is 0.748. The number of carbonyl (C=O) groups is 1. The molecule has 0 atom stereocenters. The Labute approximate surface area is 104 Å². The van der Waals surface area contributed by atoms with Gasteiger partial charge in [-0.2, -0.15) is 0 Å². The van der Waals surface area contributed by atoms with Crippen LogP contribution in [0.25, 0.3) is 11.1 Å². The second-order valence-corrected chi connectivity index (χ2v) is 4.03. The van der Waals surface area contributed by atoms with E-state index in [0.717, 1.165) is 17.5 Å². The molecular formula is C15H12F2O. The molecule has 92 valence electrons. The van der Waals surface area contributed by atoms with Crippen molar-refractivity contribution in [1.82, 2.24) is 0 Å². The van der Waals surface area contributed by atoms with Gasteiger partial charge >= 0.3 is 0 Å². The van der Waals surface area contributed by atoms with Gasteiger partial charge in [0.2, 0.25) is 0 Å². The van der Waals surface area contributed by atoms with Gasteiger partial charge in [-0.15, -0.1) is 0 Å². The number of hydrogen-bond acceptors (Lipinski definition) is 1. The molecule has 0 bridgehead atoms. The number of aryl methyl sites for hydroxylation is 1. The third-order valence-electron chi connectivity index (χ3n) is 2.87. The molecule has 0 fully saturated rings. The van der Waals surface area contributed by atoms with Crippen LogP contribution < -0.4 is 0 Å². The van der Waals surface area contributed by atoms with Crippen molar-refractivity contribution in [3.8, 4) is 11.1 Å². The Morgan fingerprint density at radius 2 is 1.72 bits per heavy atom. The molecule has 0 saturated carbocycles. The molecule has 0 radical (unpaired) electrons. The summed E-state index contributed by atoms with van der Waals surface area (Å²) in [5, 5.41) is 0. The predicted molar refractivity (Wildman–Crippen MR) is 66.6 cm³/mol. The zero-order valence-electron chi connectivity index (χ0n) is 9.91. The van der Waals surface area contributed by atoms with Crippen LogP contribution in [0.4, 0.5) is 8.78 Å². The van der Waals surface area contributed by atoms with Crippen LogP contribution in [0.15, 0.2) is 36.4 Å². The predicted octanol–water partition coefficient (Wildman–Crippen LogP) is 4.01. The summed E-state index contributed by atoms with van der Waals surface area (Å²) in [5.41, 5.74) is 1.74. The summed E-state index contributed by atoms with van der Waals surface area (Å²) in [5.74, 6) is -1.66. The van der Waals surface area contributed by atoms with E-state index in [9.17, 15) is 13.6 Å². The van der Waals surface area contributed by atoms with Crippen LogP contribution in [-0.2, 0) is 6.42 Å². The molecule has 2 aromatic rings. The fraction of sp³-hybridized carbons (Fsp3) is 0.133. The Bertz CT molecular complexity index is 568. The smallest absolute Gasteiger partial charge is 0.155 e. The van der Waals surface area contributed by atoms with E-state index in [2.05, 4.69) is 0 Å². The van der Waals surface area contributed by atoms with Crippen molar-refractivity contribution in [2.75, 3.05) is 0 Å². The zero-order valence-corrected chi connectivity index (χ0v) is 9.91. The minimum Gasteiger partial charge on any atom is -0.298 e. The summed E-state index contributed by atoms with van der Waals surface area (Å²) in [4.78, 5) is 10.5. The lowest BCUT2D eigenvalue weighted by Crippen LogP contribution is -1.95. The molecule has 2 rings (SSSR count). The summed E-state index contributed by atoms with van der Waals surface area (Å²) < 4.78 is 27.0. The number of halogens is 2. The lowest BCUT2D eigenvalue weighted by molar-refractivity contribution is 0.111. The van der Waals surface area contributed by atoms with E-state index in [-0.39, 0.29) is 6.29 Å². The van der Waals surface area contributed by atoms with E-state index in [4.69, 9.17) is 0 Å². The second kappa shape index (κ2) is 5.08. The van der Waals surface area contributed by atoms with E-state index in [1.807, 2.05) is 25.1 Å². The monoisotopic (exact) mass is 246 g/mol. The van der Waals surface area contributed by atoms with Crippen LogP contribution in [0, 0.1) is 11.6 Å². The summed E-state index contributed by atoms with van der Waals surface area (Å²) >= 11 is 0. The van der Waals surface area contributed by atoms with Crippen molar-refractivity contribution >= 4 is 6.29 Å². The minimum absolute atomic E-state index is 0.191. The highest BCUT2D eigenvalue weighted by Crippen LogP contribution is 2.24. The molecule has 0 aliphatic heterocycles. The number of aldehydes is 1. The highest BCUT2D eigenvalue weighted by Gasteiger charge is 2.11. The Balaban J connectivity index is 2.54. The molecule has 0 aliphatic carbocycles. The van der Waals surface area contributed by atoms with Gasteiger partial charge in [-0.1, -0.05) is 31.2 Å². The normalized spacial score (nSPS) is 10.4. The van der Waals surface area contributed by atoms with Gasteiger partial charge in [-0.3, -0.25) is 4.79 Å². The molecule has 0 N–H and O–H groups in total. The van der Waals surface area contributed by atoms with Gasteiger partial charge in [-0.05, 0) is 35.2 Å². The van der Waals surface area contributed by atoms with Crippen molar-refractivity contribution in [2.24, 2.45) is 0 Å². The van der Waals surface area contributed by atoms with Crippen LogP contribution >= 0.6 is 0 Å². The first-order valence-electron chi connectivity index (χ1n) is 5.69. The Morgan fingerprint density at radius 3 is 2.28 bits per heavy atom. The van der Waals surface area contributed by atoms with Crippen molar-refractivity contribution in [3.05, 3.63) is 59.2 Å². The average Bonchev–Trinajstić information content (AvgIpc) is 2.38. The van der Waals surface area contributed by atoms with Crippen LogP contribution in [0.1, 0.15) is 22.8 Å². The third-order valence-corrected chi connectivity index (χ3v) is 2.87. The number of rotatable bonds is 3. The molecule has 3 heteroatoms. The van der Waals surface area contributed by atoms with Gasteiger partial charge in [0.25, 0.3) is 0 Å². The van der Waals surface area contributed by atoms with Crippen LogP contribution in [0.2, 0.25) is 0 Å². The molecule has 0 aliphatic rings. The van der Waals surface area contributed by atoms with Gasteiger partial charge in [0.15, 0.2) is 6.29 Å². The first kappa shape index (κ1) is 12.4. The molecule has 0 unspecified atom stereocenters. The van der Waals surface area contributed by atoms with E-state index in [0.29, 0.717) is 5.56 Å². The number of hydrogen-bond donors (Lipinski definition) is 0. The Hall–Kier alpha value is -2.03. The molecule has 1 nitrogen and oxygen atoms in total. The van der Waals surface area contributed by atoms with Crippen LogP contribution in [-0.4, -0.2) is 6.29 Å². The summed E-state index contributed by atoms with van der Waals surface area (Å²) in [7, 11) is 0. The lowest BCUT2D eigenvalue weighted by atomic mass is 10.0. The van der Waals surface area contributed by atoms with E-state index in [1.54, 1.807) is 6.07 Å². The van der Waals surface area contributed by atoms with E-state index < -0.39 is 17.2 Å². The van der Waals surface area contributed by atoms with E-state index >= 15 is 0 Å². The van der Waals surface area contributed by atoms with Gasteiger partial charge < -0.3 is 0 Å². The summed E-state index contributed by atoms with van der Waals surface area (Å²) in [6.07, 6.45) is 1.04. The fourth-order valence-corrected chi connectivity index (χ4v) is 1.83. The maximum Gasteiger partial charge on any atom is 0.155 e. The number of benzene rings is 2. The number of carbonyl (C=O) groups excluding carboxylic acids is 1. The topological polar surface area (TPSA) is 17.1 Å². The van der Waals surface area contributed by atoms with Crippen molar-refractivity contribution in [1.29, 1.82) is 0 Å². The van der Waals surface area contributed by atoms with Crippen LogP contribution in [0.5, 0.6) is 0 Å². The standard InChI is InChI=1S/C15H12F2O/c1-2-10-4-3-5-11(6-10)12-7-14(16)13(9-18)15(17)8-12/h3-9H,2H2,1H3. The lowest BCUT2D eigenvalue weighted by Gasteiger charge is -2.06. The first-order valence-corrected chi connectivity index (χ1v) is 5.69. The maximum absolute atomic E-state index is 13.5. The highest BCUT2D eigenvalue weighted by molar-refractivity contribution is 5.78. The molecule has 18 heavy (non-hydrogen) atoms. The molecular weight excluding hydrogens is 234 g/mol. The van der Waals surface area contributed by atoms with Crippen molar-refractivity contribution in [3.63, 3.8) is 0 Å². The van der Waals surface area contributed by atoms with Gasteiger partial charge in [0.1, 0.15) is 11.6 Å². The van der Waals surface area contributed by atoms with E-state index in [1.165, 1.54) is 12.1 Å². The minimum atomic E-state index is -0.832. The Morgan fingerprint density at radius 1 is 1.06 bits per heavy atom. The highest BCUT2D eigenvalue weighted by atomic mass is 19.1. The molecule has 0 heterocycles. The first-order chi connectivity index (χ1) is 8.65. The van der Waals surface area contributed by atoms with Crippen molar-refractivity contribution < 1.29 is 13.6 Å². The summed E-state index contributed by atoms with van der Waals surface area (Å²) in [6.45, 7) is 2.01. The molecule has 0 amide bonds. The molecule has 0 aromatic heterocycles. The maximum atomic E-state index is 13.5. The van der Waals surface area contributed by atoms with Gasteiger partial charge in [0.05, 0.1) is 5.56 Å². The molecule has 2 aromatic carbocycles. The Kier molecular flexibility index (Phi) is 3.51. The third kappa shape index (κ3) is 2.30. The van der Waals surface area contributed by atoms with Crippen LogP contribution in [0.3, 0.4) is 0 Å². The van der Waals surface area contributed by atoms with Gasteiger partial charge in [-0.25, -0.2) is 8.78 Å². The molecule has 0 spiro atoms. The largest absolute Gasteiger partial charge is 0.298 e. The fourth-order valence-electron chi connectivity index (χ4n) is 1.83. The zero-order chi connectivity index (χ0) is 13.1. The summed E-state index contributed by atoms with van der Waals surface area (Å²) in [6, 6.07) is 9.83. The molecule has 0 saturated heterocycles. The SMILES string of the molecule is CCc1cccc(-c2cc(F)c(C=O)c(F)c2)c1. The average molecular weight is 246 g/mol.